The Labute approximate surface area is 194 Å². The molecule has 33 heavy (non-hydrogen) atoms. The number of carbonyl (C=O) groups is 1. The standard InChI is InChI=1S/C25H28N2O5S/c1-4-5-14-32-20-10-12-21(13-11-20)33(30,31)26-23(25(28)29)15-19-17-27(16-18(2)3)24-9-7-6-8-22(19)24/h6-13,17-18,23,26H,14-16H2,1-3H3,(H,28,29)/t23-/m0/s1. The summed E-state index contributed by atoms with van der Waals surface area (Å²) in [5.74, 6) is 5.11. The van der Waals surface area contributed by atoms with Crippen molar-refractivity contribution in [1.29, 1.82) is 0 Å². The quantitative estimate of drug-likeness (QED) is 0.443. The van der Waals surface area contributed by atoms with Crippen molar-refractivity contribution in [2.45, 2.75) is 44.7 Å². The van der Waals surface area contributed by atoms with Crippen molar-refractivity contribution >= 4 is 26.9 Å². The smallest absolute Gasteiger partial charge is 0.322 e. The fraction of sp³-hybridized carbons (Fsp3) is 0.320. The van der Waals surface area contributed by atoms with Gasteiger partial charge in [-0.1, -0.05) is 38.0 Å². The van der Waals surface area contributed by atoms with Crippen LogP contribution in [0.5, 0.6) is 5.75 Å². The Hall–Kier alpha value is -3.28. The van der Waals surface area contributed by atoms with E-state index in [4.69, 9.17) is 4.74 Å². The Bertz CT molecular complexity index is 1280. The van der Waals surface area contributed by atoms with E-state index in [-0.39, 0.29) is 17.9 Å². The van der Waals surface area contributed by atoms with Crippen LogP contribution in [0.2, 0.25) is 0 Å². The second kappa shape index (κ2) is 10.6. The summed E-state index contributed by atoms with van der Waals surface area (Å²) in [6.07, 6.45) is 1.94. The summed E-state index contributed by atoms with van der Waals surface area (Å²) < 4.78 is 35.6. The molecule has 0 fully saturated rings. The van der Waals surface area contributed by atoms with Gasteiger partial charge in [0.15, 0.2) is 0 Å². The number of para-hydroxylation sites is 1. The number of carboxylic acid groups (broad SMARTS) is 1. The van der Waals surface area contributed by atoms with Gasteiger partial charge in [-0.05, 0) is 48.7 Å². The lowest BCUT2D eigenvalue weighted by molar-refractivity contribution is -0.138. The van der Waals surface area contributed by atoms with E-state index in [0.29, 0.717) is 11.7 Å². The maximum absolute atomic E-state index is 12.9. The van der Waals surface area contributed by atoms with Gasteiger partial charge in [-0.15, -0.1) is 5.92 Å². The van der Waals surface area contributed by atoms with Crippen LogP contribution in [0.1, 0.15) is 26.3 Å². The lowest BCUT2D eigenvalue weighted by Gasteiger charge is -2.15. The molecule has 2 aromatic carbocycles. The average Bonchev–Trinajstić information content (AvgIpc) is 3.10. The molecule has 1 aromatic heterocycles. The number of benzene rings is 2. The molecule has 0 saturated heterocycles. The van der Waals surface area contributed by atoms with Crippen molar-refractivity contribution in [3.63, 3.8) is 0 Å². The molecule has 0 aliphatic heterocycles. The first-order chi connectivity index (χ1) is 15.7. The monoisotopic (exact) mass is 468 g/mol. The van der Waals surface area contributed by atoms with Crippen LogP contribution in [-0.4, -0.2) is 36.7 Å². The van der Waals surface area contributed by atoms with E-state index < -0.39 is 22.0 Å². The molecule has 174 valence electrons. The molecule has 0 saturated carbocycles. The SMILES string of the molecule is CC#CCOc1ccc(S(=O)(=O)N[C@@H](Cc2cn(CC(C)C)c3ccccc23)C(=O)O)cc1. The van der Waals surface area contributed by atoms with Crippen LogP contribution in [0.3, 0.4) is 0 Å². The third-order valence-corrected chi connectivity index (χ3v) is 6.56. The molecule has 3 rings (SSSR count). The number of hydrogen-bond acceptors (Lipinski definition) is 4. The Morgan fingerprint density at radius 2 is 1.85 bits per heavy atom. The molecule has 0 spiro atoms. The third kappa shape index (κ3) is 6.15. The predicted octanol–water partition coefficient (Wildman–Crippen LogP) is 3.67. The molecular formula is C25H28N2O5S. The van der Waals surface area contributed by atoms with E-state index >= 15 is 0 Å². The summed E-state index contributed by atoms with van der Waals surface area (Å²) in [5.41, 5.74) is 1.78. The van der Waals surface area contributed by atoms with Crippen molar-refractivity contribution < 1.29 is 23.1 Å². The molecule has 0 amide bonds. The van der Waals surface area contributed by atoms with Crippen LogP contribution in [0.25, 0.3) is 10.9 Å². The van der Waals surface area contributed by atoms with Crippen molar-refractivity contribution in [3.05, 3.63) is 60.3 Å². The van der Waals surface area contributed by atoms with Crippen LogP contribution in [0.15, 0.2) is 59.6 Å². The second-order valence-corrected chi connectivity index (χ2v) is 9.83. The van der Waals surface area contributed by atoms with Crippen molar-refractivity contribution in [2.75, 3.05) is 6.61 Å². The summed E-state index contributed by atoms with van der Waals surface area (Å²) in [6, 6.07) is 12.2. The van der Waals surface area contributed by atoms with E-state index in [1.807, 2.05) is 30.5 Å². The zero-order valence-corrected chi connectivity index (χ0v) is 19.7. The van der Waals surface area contributed by atoms with Crippen molar-refractivity contribution in [3.8, 4) is 17.6 Å². The first kappa shape index (κ1) is 24.4. The zero-order chi connectivity index (χ0) is 24.0. The summed E-state index contributed by atoms with van der Waals surface area (Å²) in [7, 11) is -4.05. The highest BCUT2D eigenvalue weighted by Crippen LogP contribution is 2.24. The Morgan fingerprint density at radius 1 is 1.15 bits per heavy atom. The highest BCUT2D eigenvalue weighted by molar-refractivity contribution is 7.89. The molecule has 0 unspecified atom stereocenters. The molecule has 1 atom stereocenters. The molecule has 0 bridgehead atoms. The number of carboxylic acids is 1. The van der Waals surface area contributed by atoms with Gasteiger partial charge in [0.1, 0.15) is 18.4 Å². The highest BCUT2D eigenvalue weighted by Gasteiger charge is 2.27. The van der Waals surface area contributed by atoms with Gasteiger partial charge >= 0.3 is 5.97 Å². The molecule has 0 aliphatic rings. The molecular weight excluding hydrogens is 440 g/mol. The number of fused-ring (bicyclic) bond motifs is 1. The average molecular weight is 469 g/mol. The summed E-state index contributed by atoms with van der Waals surface area (Å²) >= 11 is 0. The Morgan fingerprint density at radius 3 is 2.48 bits per heavy atom. The van der Waals surface area contributed by atoms with Gasteiger partial charge < -0.3 is 14.4 Å². The first-order valence-electron chi connectivity index (χ1n) is 10.7. The largest absolute Gasteiger partial charge is 0.481 e. The van der Waals surface area contributed by atoms with Crippen LogP contribution < -0.4 is 9.46 Å². The van der Waals surface area contributed by atoms with E-state index in [1.54, 1.807) is 6.92 Å². The van der Waals surface area contributed by atoms with Crippen molar-refractivity contribution in [2.24, 2.45) is 5.92 Å². The molecule has 0 aliphatic carbocycles. The number of sulfonamides is 1. The highest BCUT2D eigenvalue weighted by atomic mass is 32.2. The molecule has 8 heteroatoms. The molecule has 3 aromatic rings. The van der Waals surface area contributed by atoms with E-state index in [2.05, 4.69) is 35.0 Å². The maximum atomic E-state index is 12.9. The zero-order valence-electron chi connectivity index (χ0n) is 18.9. The Balaban J connectivity index is 1.82. The minimum Gasteiger partial charge on any atom is -0.481 e. The fourth-order valence-electron chi connectivity index (χ4n) is 3.59. The number of ether oxygens (including phenoxy) is 1. The van der Waals surface area contributed by atoms with Crippen LogP contribution in [0, 0.1) is 17.8 Å². The third-order valence-electron chi connectivity index (χ3n) is 5.07. The summed E-state index contributed by atoms with van der Waals surface area (Å²) in [5, 5.41) is 10.7. The Kier molecular flexibility index (Phi) is 7.79. The van der Waals surface area contributed by atoms with E-state index in [1.165, 1.54) is 24.3 Å². The molecule has 2 N–H and O–H groups in total. The van der Waals surface area contributed by atoms with Crippen molar-refractivity contribution in [1.82, 2.24) is 9.29 Å². The number of aromatic nitrogens is 1. The number of nitrogens with one attached hydrogen (secondary N) is 1. The predicted molar refractivity (Wildman–Crippen MR) is 128 cm³/mol. The van der Waals surface area contributed by atoms with Gasteiger partial charge in [-0.2, -0.15) is 4.72 Å². The molecule has 7 nitrogen and oxygen atoms in total. The van der Waals surface area contributed by atoms with Crippen LogP contribution in [-0.2, 0) is 27.8 Å². The molecule has 1 heterocycles. The first-order valence-corrected chi connectivity index (χ1v) is 12.1. The summed E-state index contributed by atoms with van der Waals surface area (Å²) in [4.78, 5) is 11.9. The van der Waals surface area contributed by atoms with E-state index in [0.717, 1.165) is 23.0 Å². The normalized spacial score (nSPS) is 12.4. The van der Waals surface area contributed by atoms with Gasteiger partial charge in [0.25, 0.3) is 0 Å². The second-order valence-electron chi connectivity index (χ2n) is 8.12. The van der Waals surface area contributed by atoms with Gasteiger partial charge in [0.2, 0.25) is 10.0 Å². The topological polar surface area (TPSA) is 97.6 Å². The number of rotatable bonds is 10. The van der Waals surface area contributed by atoms with Gasteiger partial charge in [0.05, 0.1) is 4.90 Å². The van der Waals surface area contributed by atoms with E-state index in [9.17, 15) is 18.3 Å². The van der Waals surface area contributed by atoms with Crippen LogP contribution in [0.4, 0.5) is 0 Å². The fourth-order valence-corrected chi connectivity index (χ4v) is 4.78. The molecule has 0 radical (unpaired) electrons. The number of hydrogen-bond donors (Lipinski definition) is 2. The lowest BCUT2D eigenvalue weighted by Crippen LogP contribution is -2.42. The van der Waals surface area contributed by atoms with Gasteiger partial charge in [0, 0.05) is 30.1 Å². The lowest BCUT2D eigenvalue weighted by atomic mass is 10.1. The minimum atomic E-state index is -4.05. The summed E-state index contributed by atoms with van der Waals surface area (Å²) in [6.45, 7) is 6.90. The number of aliphatic carboxylic acids is 1. The maximum Gasteiger partial charge on any atom is 0.322 e. The van der Waals surface area contributed by atoms with Gasteiger partial charge in [-0.3, -0.25) is 4.79 Å². The minimum absolute atomic E-state index is 0.0249. The number of nitrogens with zero attached hydrogens (tertiary/aromatic N) is 1. The van der Waals surface area contributed by atoms with Crippen LogP contribution >= 0.6 is 0 Å². The van der Waals surface area contributed by atoms with Gasteiger partial charge in [-0.25, -0.2) is 8.42 Å².